The molecule has 2 unspecified atom stereocenters. The van der Waals surface area contributed by atoms with Gasteiger partial charge in [0, 0.05) is 30.9 Å². The van der Waals surface area contributed by atoms with Crippen molar-refractivity contribution in [3.63, 3.8) is 0 Å². The third-order valence-corrected chi connectivity index (χ3v) is 15.7. The first kappa shape index (κ1) is 68.6. The van der Waals surface area contributed by atoms with E-state index in [0.29, 0.717) is 12.3 Å². The van der Waals surface area contributed by atoms with Gasteiger partial charge in [0.15, 0.2) is 11.9 Å². The molecule has 1 aliphatic heterocycles. The summed E-state index contributed by atoms with van der Waals surface area (Å²) in [6, 6.07) is 7.95. The number of nitrogens with two attached hydrogens (primary N) is 2. The average molecular weight is 1190 g/mol. The Hall–Kier alpha value is -7.16. The molecule has 3 saturated carbocycles. The van der Waals surface area contributed by atoms with Crippen LogP contribution in [-0.2, 0) is 58.8 Å². The van der Waals surface area contributed by atoms with Gasteiger partial charge in [-0.25, -0.2) is 14.4 Å². The molecule has 0 spiro atoms. The number of amides is 7. The van der Waals surface area contributed by atoms with Gasteiger partial charge < -0.3 is 77.7 Å². The van der Waals surface area contributed by atoms with E-state index in [1.54, 1.807) is 53.7 Å². The number of carboxylic acids is 2. The minimum absolute atomic E-state index is 0.0210. The number of aliphatic carboxylic acids is 2. The smallest absolute Gasteiger partial charge is 0.476 e. The quantitative estimate of drug-likeness (QED) is 0.0301. The summed E-state index contributed by atoms with van der Waals surface area (Å²) < 4.78 is 23.5. The topological polar surface area (TPSA) is 384 Å². The summed E-state index contributed by atoms with van der Waals surface area (Å²) in [6.07, 6.45) is -0.956. The molecule has 4 fully saturated rings. The lowest BCUT2D eigenvalue weighted by atomic mass is 9.43. The highest BCUT2D eigenvalue weighted by atomic mass is 16.7. The number of carbonyl (C=O) groups is 10. The number of ether oxygens (including phenoxy) is 2. The van der Waals surface area contributed by atoms with Crippen LogP contribution in [0.5, 0.6) is 0 Å². The highest BCUT2D eigenvalue weighted by molar-refractivity contribution is 6.48. The fourth-order valence-electron chi connectivity index (χ4n) is 10.9. The van der Waals surface area contributed by atoms with E-state index in [-0.39, 0.29) is 48.8 Å². The zero-order chi connectivity index (χ0) is 63.2. The molecule has 10 atom stereocenters. The largest absolute Gasteiger partial charge is 0.481 e. The molecule has 85 heavy (non-hydrogen) atoms. The summed E-state index contributed by atoms with van der Waals surface area (Å²) in [5.41, 5.74) is 13.6. The maximum absolute atomic E-state index is 14.3. The number of aryl methyl sites for hydroxylation is 1. The lowest BCUT2D eigenvalue weighted by Crippen LogP contribution is -2.65. The molecule has 2 aromatic carbocycles. The first-order valence-electron chi connectivity index (χ1n) is 29.2. The number of carbonyl (C=O) groups excluding carboxylic acids is 8. The highest BCUT2D eigenvalue weighted by Gasteiger charge is 2.68. The highest BCUT2D eigenvalue weighted by Crippen LogP contribution is 2.65. The molecule has 2 bridgehead atoms. The fraction of sp³-hybridized carbons (Fsp3) is 0.627. The Kier molecular flexibility index (Phi) is 24.0. The van der Waals surface area contributed by atoms with Gasteiger partial charge in [-0.05, 0) is 146 Å². The van der Waals surface area contributed by atoms with Gasteiger partial charge in [-0.1, -0.05) is 63.6 Å². The number of carboxylic acid groups (broad SMARTS) is 2. The Balaban J connectivity index is 1.34. The summed E-state index contributed by atoms with van der Waals surface area (Å²) in [6.45, 7) is 18.0. The van der Waals surface area contributed by atoms with Crippen molar-refractivity contribution < 1.29 is 76.9 Å². The monoisotopic (exact) mass is 1190 g/mol. The minimum atomic E-state index is -1.93. The van der Waals surface area contributed by atoms with Gasteiger partial charge in [-0.2, -0.15) is 0 Å². The molecule has 1 saturated heterocycles. The number of Topliss-reactive ketones (excluding diaryl/α,β-unsaturated/α-hetero) is 1. The molecule has 26 heteroatoms. The van der Waals surface area contributed by atoms with Gasteiger partial charge in [0.2, 0.25) is 17.7 Å². The van der Waals surface area contributed by atoms with Crippen molar-refractivity contribution in [2.24, 2.45) is 28.7 Å². The average Bonchev–Trinajstić information content (AvgIpc) is 1.74. The summed E-state index contributed by atoms with van der Waals surface area (Å²) in [7, 11) is -0.928. The Morgan fingerprint density at radius 1 is 0.682 bits per heavy atom. The lowest BCUT2D eigenvalue weighted by molar-refractivity contribution is -0.199. The lowest BCUT2D eigenvalue weighted by Gasteiger charge is -2.64. The molecular weight excluding hydrogens is 1100 g/mol. The van der Waals surface area contributed by atoms with Crippen molar-refractivity contribution in [1.29, 1.82) is 0 Å². The standard InChI is InChI=1S/C59H88BN9O16/c1-11-12-15-33-17-19-34(20-18-33)35-21-23-36(24-22-35)49(74)68-41(32-64-55(81)83-57(5,6)7)51(76)67-39(25-26-46(71)65-40(53(78)79)30-47(72)73)50(75)69-48(62)52(77)66-38(16-13-14-27-63-54(80)82-56(2,3)4)42(70)31-45(61)60-84-44-29-37-28-43(58(37,8)9)59(44,10)85-60/h17-24,37-41,43-45,48H,11-16,25-32,61-62H2,1-10H3,(H,63,80)(H,64,81)(H,65,71)(H,66,77)(H,67,76)(H,68,74)(H,69,75)(H,72,73)(H,78,79)/t37-,38-,39?,40+,41-,43-,44?,45+,48+,59-/m0/s1. The number of hydrogen-bond acceptors (Lipinski definition) is 16. The van der Waals surface area contributed by atoms with Crippen molar-refractivity contribution in [3.05, 3.63) is 59.7 Å². The van der Waals surface area contributed by atoms with Crippen LogP contribution in [0.2, 0.25) is 0 Å². The normalized spacial score (nSPS) is 20.7. The van der Waals surface area contributed by atoms with Crippen LogP contribution in [0.3, 0.4) is 0 Å². The second-order valence-corrected chi connectivity index (χ2v) is 25.1. The van der Waals surface area contributed by atoms with Crippen molar-refractivity contribution in [3.8, 4) is 11.1 Å². The van der Waals surface area contributed by atoms with Crippen molar-refractivity contribution in [2.45, 2.75) is 205 Å². The summed E-state index contributed by atoms with van der Waals surface area (Å²) in [4.78, 5) is 132. The number of nitrogens with one attached hydrogen (secondary N) is 7. The molecule has 1 heterocycles. The maximum Gasteiger partial charge on any atom is 0.476 e. The van der Waals surface area contributed by atoms with Crippen LogP contribution in [0, 0.1) is 17.3 Å². The van der Waals surface area contributed by atoms with Crippen LogP contribution >= 0.6 is 0 Å². The van der Waals surface area contributed by atoms with Gasteiger partial charge in [0.05, 0.1) is 30.7 Å². The van der Waals surface area contributed by atoms with E-state index in [2.05, 4.69) is 58.0 Å². The van der Waals surface area contributed by atoms with Gasteiger partial charge in [-0.3, -0.25) is 33.6 Å². The molecule has 13 N–H and O–H groups in total. The Bertz CT molecular complexity index is 2720. The molecule has 6 rings (SSSR count). The van der Waals surface area contributed by atoms with Gasteiger partial charge in [-0.15, -0.1) is 0 Å². The van der Waals surface area contributed by atoms with Gasteiger partial charge in [0.25, 0.3) is 11.8 Å². The molecule has 2 aromatic rings. The van der Waals surface area contributed by atoms with Crippen LogP contribution in [-0.4, -0.2) is 149 Å². The summed E-state index contributed by atoms with van der Waals surface area (Å²) >= 11 is 0. The first-order valence-corrected chi connectivity index (χ1v) is 29.2. The van der Waals surface area contributed by atoms with Crippen molar-refractivity contribution in [1.82, 2.24) is 37.2 Å². The Morgan fingerprint density at radius 2 is 1.27 bits per heavy atom. The van der Waals surface area contributed by atoms with Gasteiger partial charge >= 0.3 is 31.2 Å². The third kappa shape index (κ3) is 20.2. The Morgan fingerprint density at radius 3 is 1.85 bits per heavy atom. The van der Waals surface area contributed by atoms with Crippen molar-refractivity contribution in [2.75, 3.05) is 13.1 Å². The van der Waals surface area contributed by atoms with E-state index < -0.39 is 145 Å². The number of hydrogen-bond donors (Lipinski definition) is 11. The third-order valence-electron chi connectivity index (χ3n) is 15.7. The number of ketones is 1. The maximum atomic E-state index is 14.3. The SMILES string of the molecule is CCCCc1ccc(-c2ccc(C(=O)N[C@@H](CNC(=O)OC(C)(C)C)C(=O)NC(CCC(=O)N[C@H](CC(=O)O)C(=O)O)C(=O)N[C@@H](N)C(=O)N[C@@H](CCCCNC(=O)OC(C)(C)C)C(=O)C[C@@H](N)B3OC4C[C@@H]5C[C@@H](C5(C)C)[C@]4(C)O3)cc2)cc1. The molecule has 3 aliphatic carbocycles. The zero-order valence-corrected chi connectivity index (χ0v) is 50.6. The second kappa shape index (κ2) is 29.8. The van der Waals surface area contributed by atoms with E-state index in [1.807, 2.05) is 31.2 Å². The van der Waals surface area contributed by atoms with E-state index in [4.69, 9.17) is 30.2 Å². The fourth-order valence-corrected chi connectivity index (χ4v) is 10.9. The number of unbranched alkanes of at least 4 members (excludes halogenated alkanes) is 2. The van der Waals surface area contributed by atoms with E-state index in [1.165, 1.54) is 17.7 Å². The van der Waals surface area contributed by atoms with Crippen LogP contribution in [0.4, 0.5) is 9.59 Å². The molecule has 0 aromatic heterocycles. The van der Waals surface area contributed by atoms with Crippen LogP contribution in [0.15, 0.2) is 48.5 Å². The zero-order valence-electron chi connectivity index (χ0n) is 50.6. The Labute approximate surface area is 497 Å². The molecule has 468 valence electrons. The molecule has 0 radical (unpaired) electrons. The predicted octanol–water partition coefficient (Wildman–Crippen LogP) is 3.76. The minimum Gasteiger partial charge on any atom is -0.481 e. The number of benzene rings is 2. The second-order valence-electron chi connectivity index (χ2n) is 25.1. The van der Waals surface area contributed by atoms with Gasteiger partial charge in [0.1, 0.15) is 29.3 Å². The van der Waals surface area contributed by atoms with E-state index >= 15 is 0 Å². The van der Waals surface area contributed by atoms with E-state index in [0.717, 1.165) is 43.2 Å². The number of alkyl carbamates (subject to hydrolysis) is 2. The first-order chi connectivity index (χ1) is 39.7. The van der Waals surface area contributed by atoms with Crippen molar-refractivity contribution >= 4 is 66.6 Å². The number of rotatable bonds is 30. The summed E-state index contributed by atoms with van der Waals surface area (Å²) in [5.74, 6) is -9.15. The van der Waals surface area contributed by atoms with Crippen LogP contribution in [0.1, 0.15) is 156 Å². The molecule has 25 nitrogen and oxygen atoms in total. The molecular formula is C59H88BN9O16. The predicted molar refractivity (Wildman–Crippen MR) is 313 cm³/mol. The van der Waals surface area contributed by atoms with E-state index in [9.17, 15) is 58.2 Å². The molecule has 7 amide bonds. The molecule has 4 aliphatic rings. The summed E-state index contributed by atoms with van der Waals surface area (Å²) in [5, 5.41) is 35.8. The van der Waals surface area contributed by atoms with Crippen LogP contribution in [0.25, 0.3) is 11.1 Å². The van der Waals surface area contributed by atoms with Crippen LogP contribution < -0.4 is 48.7 Å².